The van der Waals surface area contributed by atoms with Crippen LogP contribution in [0.4, 0.5) is 0 Å². The predicted molar refractivity (Wildman–Crippen MR) is 63.7 cm³/mol. The lowest BCUT2D eigenvalue weighted by Gasteiger charge is -2.03. The van der Waals surface area contributed by atoms with Crippen molar-refractivity contribution in [2.45, 2.75) is 26.2 Å². The molecule has 16 heavy (non-hydrogen) atoms. The van der Waals surface area contributed by atoms with Gasteiger partial charge in [-0.25, -0.2) is 0 Å². The predicted octanol–water partition coefficient (Wildman–Crippen LogP) is 2.86. The van der Waals surface area contributed by atoms with Crippen molar-refractivity contribution in [1.29, 1.82) is 0 Å². The number of hydrogen-bond donors (Lipinski definition) is 0. The van der Waals surface area contributed by atoms with Gasteiger partial charge in [-0.05, 0) is 37.7 Å². The molecule has 2 rings (SSSR count). The highest BCUT2D eigenvalue weighted by atomic mass is 16.5. The molecule has 2 nitrogen and oxygen atoms in total. The second-order valence-corrected chi connectivity index (χ2v) is 4.40. The van der Waals surface area contributed by atoms with Gasteiger partial charge in [-0.3, -0.25) is 4.79 Å². The highest BCUT2D eigenvalue weighted by molar-refractivity contribution is 5.97. The number of rotatable bonds is 6. The summed E-state index contributed by atoms with van der Waals surface area (Å²) in [5.41, 5.74) is 2.10. The Kier molecular flexibility index (Phi) is 3.73. The molecule has 0 amide bonds. The summed E-state index contributed by atoms with van der Waals surface area (Å²) in [5, 5.41) is 0. The number of hydrogen-bond acceptors (Lipinski definition) is 2. The fourth-order valence-electron chi connectivity index (χ4n) is 1.76. The van der Waals surface area contributed by atoms with E-state index in [9.17, 15) is 4.79 Å². The first kappa shape index (κ1) is 11.3. The molecule has 0 unspecified atom stereocenters. The number of benzene rings is 1. The van der Waals surface area contributed by atoms with Gasteiger partial charge in [-0.2, -0.15) is 0 Å². The second kappa shape index (κ2) is 5.26. The number of Topliss-reactive ketones (excluding diaryl/α,β-unsaturated/α-hetero) is 1. The van der Waals surface area contributed by atoms with Gasteiger partial charge in [0, 0.05) is 12.2 Å². The van der Waals surface area contributed by atoms with E-state index >= 15 is 0 Å². The lowest BCUT2D eigenvalue weighted by atomic mass is 10.0. The van der Waals surface area contributed by atoms with Crippen molar-refractivity contribution in [3.8, 4) is 0 Å². The normalized spacial score (nSPS) is 15.1. The Labute approximate surface area is 96.6 Å². The third-order valence-electron chi connectivity index (χ3n) is 2.93. The van der Waals surface area contributed by atoms with E-state index in [2.05, 4.69) is 12.1 Å². The van der Waals surface area contributed by atoms with Crippen molar-refractivity contribution in [1.82, 2.24) is 0 Å². The molecule has 0 N–H and O–H groups in total. The fourth-order valence-corrected chi connectivity index (χ4v) is 1.76. The Morgan fingerprint density at radius 1 is 1.31 bits per heavy atom. The molecule has 86 valence electrons. The molecule has 1 aromatic carbocycles. The molecule has 1 fully saturated rings. The number of carbonyl (C=O) groups is 1. The van der Waals surface area contributed by atoms with Crippen LogP contribution in [0.1, 0.15) is 35.7 Å². The van der Waals surface area contributed by atoms with E-state index in [1.54, 1.807) is 0 Å². The Morgan fingerprint density at radius 3 is 2.56 bits per heavy atom. The summed E-state index contributed by atoms with van der Waals surface area (Å²) in [4.78, 5) is 11.6. The first-order chi connectivity index (χ1) is 7.79. The van der Waals surface area contributed by atoms with Crippen LogP contribution in [-0.4, -0.2) is 19.0 Å². The van der Waals surface area contributed by atoms with E-state index in [0.29, 0.717) is 6.61 Å². The SMILES string of the molecule is CCOCC(=O)c1ccc(CC2CC2)cc1. The number of ketones is 1. The van der Waals surface area contributed by atoms with Crippen molar-refractivity contribution in [2.24, 2.45) is 5.92 Å². The summed E-state index contributed by atoms with van der Waals surface area (Å²) >= 11 is 0. The van der Waals surface area contributed by atoms with Crippen LogP contribution < -0.4 is 0 Å². The van der Waals surface area contributed by atoms with Gasteiger partial charge in [0.25, 0.3) is 0 Å². The minimum Gasteiger partial charge on any atom is -0.374 e. The van der Waals surface area contributed by atoms with E-state index in [1.807, 2.05) is 19.1 Å². The molecule has 0 saturated heterocycles. The van der Waals surface area contributed by atoms with Gasteiger partial charge < -0.3 is 4.74 Å². The van der Waals surface area contributed by atoms with Gasteiger partial charge in [0.1, 0.15) is 6.61 Å². The maximum atomic E-state index is 11.6. The molecule has 0 bridgehead atoms. The molecule has 0 radical (unpaired) electrons. The van der Waals surface area contributed by atoms with Crippen LogP contribution in [0.5, 0.6) is 0 Å². The van der Waals surface area contributed by atoms with E-state index in [4.69, 9.17) is 4.74 Å². The summed E-state index contributed by atoms with van der Waals surface area (Å²) in [5.74, 6) is 0.963. The topological polar surface area (TPSA) is 26.3 Å². The van der Waals surface area contributed by atoms with Crippen LogP contribution in [0.25, 0.3) is 0 Å². The van der Waals surface area contributed by atoms with Crippen LogP contribution in [0, 0.1) is 5.92 Å². The Balaban J connectivity index is 1.92. The Morgan fingerprint density at radius 2 is 2.00 bits per heavy atom. The van der Waals surface area contributed by atoms with Gasteiger partial charge in [0.15, 0.2) is 5.78 Å². The average molecular weight is 218 g/mol. The molecule has 0 aromatic heterocycles. The number of carbonyl (C=O) groups excluding carboxylic acids is 1. The fraction of sp³-hybridized carbons (Fsp3) is 0.500. The van der Waals surface area contributed by atoms with Crippen molar-refractivity contribution >= 4 is 5.78 Å². The lowest BCUT2D eigenvalue weighted by molar-refractivity contribution is 0.0783. The highest BCUT2D eigenvalue weighted by Gasteiger charge is 2.21. The minimum absolute atomic E-state index is 0.0693. The van der Waals surface area contributed by atoms with E-state index in [-0.39, 0.29) is 12.4 Å². The van der Waals surface area contributed by atoms with Crippen molar-refractivity contribution < 1.29 is 9.53 Å². The largest absolute Gasteiger partial charge is 0.374 e. The second-order valence-electron chi connectivity index (χ2n) is 4.40. The van der Waals surface area contributed by atoms with Gasteiger partial charge in [0.2, 0.25) is 0 Å². The molecular weight excluding hydrogens is 200 g/mol. The molecule has 0 atom stereocenters. The van der Waals surface area contributed by atoms with Crippen molar-refractivity contribution in [3.63, 3.8) is 0 Å². The van der Waals surface area contributed by atoms with Crippen LogP contribution in [0.3, 0.4) is 0 Å². The Bertz CT molecular complexity index is 350. The zero-order chi connectivity index (χ0) is 11.4. The van der Waals surface area contributed by atoms with Gasteiger partial charge in [-0.1, -0.05) is 24.3 Å². The first-order valence-corrected chi connectivity index (χ1v) is 5.99. The monoisotopic (exact) mass is 218 g/mol. The highest BCUT2D eigenvalue weighted by Crippen LogP contribution is 2.32. The number of ether oxygens (including phenoxy) is 1. The maximum absolute atomic E-state index is 11.6. The minimum atomic E-state index is 0.0693. The summed E-state index contributed by atoms with van der Waals surface area (Å²) in [6, 6.07) is 7.97. The standard InChI is InChI=1S/C14H18O2/c1-2-16-10-14(15)13-7-5-12(6-8-13)9-11-3-4-11/h5-8,11H,2-4,9-10H2,1H3. The molecule has 2 heteroatoms. The van der Waals surface area contributed by atoms with Crippen molar-refractivity contribution in [3.05, 3.63) is 35.4 Å². The molecule has 1 saturated carbocycles. The van der Waals surface area contributed by atoms with E-state index in [0.717, 1.165) is 11.5 Å². The zero-order valence-electron chi connectivity index (χ0n) is 9.74. The van der Waals surface area contributed by atoms with Crippen LogP contribution in [0.15, 0.2) is 24.3 Å². The third kappa shape index (κ3) is 3.17. The quantitative estimate of drug-likeness (QED) is 0.686. The smallest absolute Gasteiger partial charge is 0.188 e. The van der Waals surface area contributed by atoms with Gasteiger partial charge in [-0.15, -0.1) is 0 Å². The zero-order valence-corrected chi connectivity index (χ0v) is 9.74. The van der Waals surface area contributed by atoms with Gasteiger partial charge >= 0.3 is 0 Å². The molecule has 1 aromatic rings. The first-order valence-electron chi connectivity index (χ1n) is 5.99. The van der Waals surface area contributed by atoms with Gasteiger partial charge in [0.05, 0.1) is 0 Å². The lowest BCUT2D eigenvalue weighted by Crippen LogP contribution is -2.08. The summed E-state index contributed by atoms with van der Waals surface area (Å²) in [6.07, 6.45) is 3.90. The molecule has 0 spiro atoms. The molecule has 0 aliphatic heterocycles. The van der Waals surface area contributed by atoms with Crippen molar-refractivity contribution in [2.75, 3.05) is 13.2 Å². The Hall–Kier alpha value is -1.15. The van der Waals surface area contributed by atoms with Crippen LogP contribution in [-0.2, 0) is 11.2 Å². The molecule has 1 aliphatic carbocycles. The van der Waals surface area contributed by atoms with Crippen LogP contribution in [0.2, 0.25) is 0 Å². The van der Waals surface area contributed by atoms with Crippen LogP contribution >= 0.6 is 0 Å². The summed E-state index contributed by atoms with van der Waals surface area (Å²) in [6.45, 7) is 2.68. The van der Waals surface area contributed by atoms with E-state index < -0.39 is 0 Å². The third-order valence-corrected chi connectivity index (χ3v) is 2.93. The summed E-state index contributed by atoms with van der Waals surface area (Å²) < 4.78 is 5.10. The molecule has 0 heterocycles. The average Bonchev–Trinajstić information content (AvgIpc) is 3.11. The van der Waals surface area contributed by atoms with E-state index in [1.165, 1.54) is 24.8 Å². The molecule has 1 aliphatic rings. The maximum Gasteiger partial charge on any atom is 0.188 e. The molecular formula is C14H18O2. The summed E-state index contributed by atoms with van der Waals surface area (Å²) in [7, 11) is 0.